The molecule has 3 rings (SSSR count). The van der Waals surface area contributed by atoms with Crippen LogP contribution >= 0.6 is 0 Å². The molecule has 20 heavy (non-hydrogen) atoms. The predicted octanol–water partition coefficient (Wildman–Crippen LogP) is 4.11. The molecule has 3 nitrogen and oxygen atoms in total. The van der Waals surface area contributed by atoms with E-state index in [0.29, 0.717) is 0 Å². The van der Waals surface area contributed by atoms with Gasteiger partial charge in [-0.3, -0.25) is 0 Å². The van der Waals surface area contributed by atoms with Crippen LogP contribution in [0.15, 0.2) is 53.2 Å². The third-order valence-electron chi connectivity index (χ3n) is 3.66. The fourth-order valence-corrected chi connectivity index (χ4v) is 2.38. The summed E-state index contributed by atoms with van der Waals surface area (Å²) in [7, 11) is 0. The Morgan fingerprint density at radius 1 is 1.25 bits per heavy atom. The van der Waals surface area contributed by atoms with Crippen LogP contribution in [0.3, 0.4) is 0 Å². The summed E-state index contributed by atoms with van der Waals surface area (Å²) in [6, 6.07) is 12.6. The van der Waals surface area contributed by atoms with Crippen LogP contribution in [0.5, 0.6) is 0 Å². The number of aryl methyl sites for hydroxylation is 1. The largest absolute Gasteiger partial charge is 0.459 e. The summed E-state index contributed by atoms with van der Waals surface area (Å²) < 4.78 is 8.06. The van der Waals surface area contributed by atoms with Crippen molar-refractivity contribution >= 4 is 11.0 Å². The van der Waals surface area contributed by atoms with Gasteiger partial charge in [-0.15, -0.1) is 0 Å². The molecule has 0 spiro atoms. The molecule has 3 heteroatoms. The molecule has 0 saturated heterocycles. The molecule has 0 amide bonds. The highest BCUT2D eigenvalue weighted by molar-refractivity contribution is 5.77. The minimum absolute atomic E-state index is 0.201. The minimum Gasteiger partial charge on any atom is -0.459 e. The van der Waals surface area contributed by atoms with Gasteiger partial charge in [0.1, 0.15) is 11.3 Å². The normalized spacial score (nSPS) is 12.9. The van der Waals surface area contributed by atoms with Gasteiger partial charge >= 0.3 is 0 Å². The van der Waals surface area contributed by atoms with Crippen molar-refractivity contribution in [1.82, 2.24) is 9.88 Å². The van der Waals surface area contributed by atoms with E-state index in [1.54, 1.807) is 0 Å². The Balaban J connectivity index is 1.67. The molecule has 1 unspecified atom stereocenters. The number of furan rings is 1. The average Bonchev–Trinajstić information content (AvgIpc) is 3.10. The number of hydrogen-bond donors (Lipinski definition) is 1. The molecular weight excluding hydrogens is 248 g/mol. The number of nitrogens with one attached hydrogen (secondary N) is 1. The Morgan fingerprint density at radius 2 is 2.10 bits per heavy atom. The van der Waals surface area contributed by atoms with E-state index in [2.05, 4.69) is 54.3 Å². The highest BCUT2D eigenvalue weighted by atomic mass is 16.3. The first-order valence-corrected chi connectivity index (χ1v) is 7.13. The summed E-state index contributed by atoms with van der Waals surface area (Å²) in [6.07, 6.45) is 4.29. The maximum Gasteiger partial charge on any atom is 0.134 e. The van der Waals surface area contributed by atoms with Gasteiger partial charge in [0.2, 0.25) is 0 Å². The van der Waals surface area contributed by atoms with E-state index in [4.69, 9.17) is 4.42 Å². The zero-order valence-corrected chi connectivity index (χ0v) is 12.0. The van der Waals surface area contributed by atoms with Crippen molar-refractivity contribution in [3.8, 4) is 0 Å². The van der Waals surface area contributed by atoms with Gasteiger partial charge in [0.15, 0.2) is 0 Å². The number of benzene rings is 1. The summed E-state index contributed by atoms with van der Waals surface area (Å²) in [6.45, 7) is 6.15. The molecule has 1 N–H and O–H groups in total. The lowest BCUT2D eigenvalue weighted by Crippen LogP contribution is -2.17. The molecule has 0 aliphatic carbocycles. The summed E-state index contributed by atoms with van der Waals surface area (Å²) in [5, 5.41) is 4.67. The second-order valence-corrected chi connectivity index (χ2v) is 5.14. The first-order chi connectivity index (χ1) is 9.76. The summed E-state index contributed by atoms with van der Waals surface area (Å²) >= 11 is 0. The van der Waals surface area contributed by atoms with Crippen LogP contribution in [0.1, 0.15) is 31.2 Å². The van der Waals surface area contributed by atoms with Crippen molar-refractivity contribution in [3.05, 3.63) is 60.1 Å². The van der Waals surface area contributed by atoms with Crippen molar-refractivity contribution in [3.63, 3.8) is 0 Å². The van der Waals surface area contributed by atoms with E-state index in [0.717, 1.165) is 29.8 Å². The van der Waals surface area contributed by atoms with Crippen LogP contribution < -0.4 is 5.32 Å². The third-order valence-corrected chi connectivity index (χ3v) is 3.66. The van der Waals surface area contributed by atoms with Gasteiger partial charge in [-0.25, -0.2) is 0 Å². The van der Waals surface area contributed by atoms with E-state index in [9.17, 15) is 0 Å². The second-order valence-electron chi connectivity index (χ2n) is 5.14. The first kappa shape index (κ1) is 13.0. The molecule has 104 valence electrons. The Hall–Kier alpha value is -2.00. The van der Waals surface area contributed by atoms with Gasteiger partial charge in [-0.2, -0.15) is 0 Å². The van der Waals surface area contributed by atoms with Crippen molar-refractivity contribution in [2.24, 2.45) is 0 Å². The van der Waals surface area contributed by atoms with E-state index >= 15 is 0 Å². The van der Waals surface area contributed by atoms with Gasteiger partial charge in [0.05, 0.1) is 6.04 Å². The van der Waals surface area contributed by atoms with Crippen molar-refractivity contribution in [1.29, 1.82) is 0 Å². The van der Waals surface area contributed by atoms with Crippen LogP contribution in [0.4, 0.5) is 0 Å². The molecule has 1 atom stereocenters. The molecule has 3 aromatic rings. The van der Waals surface area contributed by atoms with E-state index in [1.165, 1.54) is 5.56 Å². The Bertz CT molecular complexity index is 663. The van der Waals surface area contributed by atoms with E-state index in [1.807, 2.05) is 18.2 Å². The van der Waals surface area contributed by atoms with Crippen molar-refractivity contribution in [2.45, 2.75) is 33.0 Å². The number of hydrogen-bond acceptors (Lipinski definition) is 2. The summed E-state index contributed by atoms with van der Waals surface area (Å²) in [4.78, 5) is 0. The van der Waals surface area contributed by atoms with Gasteiger partial charge in [-0.1, -0.05) is 18.2 Å². The molecule has 0 radical (unpaired) electrons. The van der Waals surface area contributed by atoms with Crippen LogP contribution in [0.25, 0.3) is 11.0 Å². The quantitative estimate of drug-likeness (QED) is 0.755. The van der Waals surface area contributed by atoms with Crippen LogP contribution in [-0.4, -0.2) is 4.57 Å². The Labute approximate surface area is 119 Å². The van der Waals surface area contributed by atoms with Crippen LogP contribution in [0, 0.1) is 0 Å². The second kappa shape index (κ2) is 5.55. The number of nitrogens with zero attached hydrogens (tertiary/aromatic N) is 1. The molecule has 2 aromatic heterocycles. The topological polar surface area (TPSA) is 30.1 Å². The molecule has 0 saturated carbocycles. The molecule has 0 bridgehead atoms. The smallest absolute Gasteiger partial charge is 0.134 e. The molecule has 2 heterocycles. The lowest BCUT2D eigenvalue weighted by molar-refractivity contribution is 0.451. The summed E-state index contributed by atoms with van der Waals surface area (Å²) in [5.41, 5.74) is 2.25. The number of para-hydroxylation sites is 1. The molecule has 0 aliphatic heterocycles. The molecule has 0 aliphatic rings. The van der Waals surface area contributed by atoms with Gasteiger partial charge in [-0.05, 0) is 37.6 Å². The Kier molecular flexibility index (Phi) is 3.61. The maximum absolute atomic E-state index is 5.88. The Morgan fingerprint density at radius 3 is 2.85 bits per heavy atom. The van der Waals surface area contributed by atoms with Gasteiger partial charge in [0, 0.05) is 30.9 Å². The van der Waals surface area contributed by atoms with Gasteiger partial charge in [0.25, 0.3) is 0 Å². The highest BCUT2D eigenvalue weighted by Gasteiger charge is 2.11. The average molecular weight is 268 g/mol. The monoisotopic (exact) mass is 268 g/mol. The number of rotatable bonds is 5. The lowest BCUT2D eigenvalue weighted by atomic mass is 10.2. The first-order valence-electron chi connectivity index (χ1n) is 7.13. The number of fused-ring (bicyclic) bond motifs is 1. The third kappa shape index (κ3) is 2.63. The zero-order chi connectivity index (χ0) is 13.9. The molecular formula is C17H20N2O. The predicted molar refractivity (Wildman–Crippen MR) is 81.6 cm³/mol. The minimum atomic E-state index is 0.201. The standard InChI is InChI=1S/C17H20N2O/c1-3-19-9-8-14(12-19)11-18-13(2)17-10-15-6-4-5-7-16(15)20-17/h4-10,12-13,18H,3,11H2,1-2H3. The van der Waals surface area contributed by atoms with Crippen molar-refractivity contribution < 1.29 is 4.42 Å². The highest BCUT2D eigenvalue weighted by Crippen LogP contribution is 2.23. The fourth-order valence-electron chi connectivity index (χ4n) is 2.38. The van der Waals surface area contributed by atoms with Crippen LogP contribution in [0.2, 0.25) is 0 Å². The molecule has 0 fully saturated rings. The van der Waals surface area contributed by atoms with Gasteiger partial charge < -0.3 is 14.3 Å². The fraction of sp³-hybridized carbons (Fsp3) is 0.294. The lowest BCUT2D eigenvalue weighted by Gasteiger charge is -2.10. The summed E-state index contributed by atoms with van der Waals surface area (Å²) in [5.74, 6) is 0.987. The zero-order valence-electron chi connectivity index (χ0n) is 12.0. The SMILES string of the molecule is CCn1ccc(CNC(C)c2cc3ccccc3o2)c1. The van der Waals surface area contributed by atoms with E-state index in [-0.39, 0.29) is 6.04 Å². The maximum atomic E-state index is 5.88. The van der Waals surface area contributed by atoms with E-state index < -0.39 is 0 Å². The van der Waals surface area contributed by atoms with Crippen molar-refractivity contribution in [2.75, 3.05) is 0 Å². The van der Waals surface area contributed by atoms with Crippen LogP contribution in [-0.2, 0) is 13.1 Å². The number of aromatic nitrogens is 1. The molecule has 1 aromatic carbocycles.